The molecule has 0 amide bonds. The minimum absolute atomic E-state index is 0.0666. The van der Waals surface area contributed by atoms with Gasteiger partial charge >= 0.3 is 0 Å². The van der Waals surface area contributed by atoms with Crippen molar-refractivity contribution in [2.45, 2.75) is 39.7 Å². The van der Waals surface area contributed by atoms with Gasteiger partial charge in [0.05, 0.1) is 5.92 Å². The molecule has 0 heterocycles. The average Bonchev–Trinajstić information content (AvgIpc) is 2.40. The van der Waals surface area contributed by atoms with Gasteiger partial charge in [0.2, 0.25) is 0 Å². The van der Waals surface area contributed by atoms with Crippen molar-refractivity contribution in [3.8, 4) is 0 Å². The molecule has 2 unspecified atom stereocenters. The number of ketones is 2. The number of ether oxygens (including phenoxy) is 1. The van der Waals surface area contributed by atoms with Gasteiger partial charge in [0.15, 0.2) is 5.78 Å². The fourth-order valence-electron chi connectivity index (χ4n) is 1.90. The predicted octanol–water partition coefficient (Wildman–Crippen LogP) is 1.60. The quantitative estimate of drug-likeness (QED) is 0.647. The fourth-order valence-corrected chi connectivity index (χ4v) is 1.90. The Kier molecular flexibility index (Phi) is 3.10. The molecular formula is C11H18O3. The second-order valence-corrected chi connectivity index (χ2v) is 4.62. The van der Waals surface area contributed by atoms with Crippen LogP contribution in [-0.4, -0.2) is 24.8 Å². The summed E-state index contributed by atoms with van der Waals surface area (Å²) in [6.45, 7) is 5.50. The largest absolute Gasteiger partial charge is 0.374 e. The summed E-state index contributed by atoms with van der Waals surface area (Å²) in [5.41, 5.74) is -0.326. The van der Waals surface area contributed by atoms with Crippen molar-refractivity contribution in [3.63, 3.8) is 0 Å². The Labute approximate surface area is 84.8 Å². The van der Waals surface area contributed by atoms with Gasteiger partial charge in [-0.1, -0.05) is 13.8 Å². The Balaban J connectivity index is 2.73. The number of hydrogen-bond donors (Lipinski definition) is 0. The summed E-state index contributed by atoms with van der Waals surface area (Å²) in [4.78, 5) is 23.5. The molecule has 0 radical (unpaired) electrons. The lowest BCUT2D eigenvalue weighted by atomic mass is 9.87. The van der Waals surface area contributed by atoms with Crippen LogP contribution < -0.4 is 0 Å². The zero-order valence-corrected chi connectivity index (χ0v) is 9.29. The summed E-state index contributed by atoms with van der Waals surface area (Å²) in [6.07, 6.45) is 1.02. The third-order valence-electron chi connectivity index (χ3n) is 3.14. The molecule has 0 aromatic heterocycles. The Morgan fingerprint density at radius 1 is 1.57 bits per heavy atom. The summed E-state index contributed by atoms with van der Waals surface area (Å²) >= 11 is 0. The lowest BCUT2D eigenvalue weighted by Crippen LogP contribution is -2.33. The zero-order valence-electron chi connectivity index (χ0n) is 9.29. The molecule has 1 fully saturated rings. The third-order valence-corrected chi connectivity index (χ3v) is 3.14. The molecule has 0 saturated heterocycles. The number of methoxy groups -OCH3 is 1. The van der Waals surface area contributed by atoms with Gasteiger partial charge in [-0.2, -0.15) is 0 Å². The highest BCUT2D eigenvalue weighted by molar-refractivity contribution is 6.07. The molecule has 0 N–H and O–H groups in total. The van der Waals surface area contributed by atoms with E-state index in [0.29, 0.717) is 6.42 Å². The van der Waals surface area contributed by atoms with E-state index in [1.165, 1.54) is 7.11 Å². The molecular weight excluding hydrogens is 180 g/mol. The van der Waals surface area contributed by atoms with Crippen LogP contribution in [0.25, 0.3) is 0 Å². The first-order chi connectivity index (χ1) is 6.40. The van der Waals surface area contributed by atoms with E-state index in [1.807, 2.05) is 13.8 Å². The molecule has 0 aliphatic heterocycles. The van der Waals surface area contributed by atoms with Crippen molar-refractivity contribution >= 4 is 11.6 Å². The van der Waals surface area contributed by atoms with E-state index in [4.69, 9.17) is 4.74 Å². The molecule has 80 valence electrons. The Bertz CT molecular complexity index is 255. The van der Waals surface area contributed by atoms with Gasteiger partial charge in [0.25, 0.3) is 0 Å². The number of Topliss-reactive ketones (excluding diaryl/α,β-unsaturated/α-hetero) is 2. The number of carbonyl (C=O) groups excluding carboxylic acids is 2. The normalized spacial score (nSPS) is 27.7. The maximum atomic E-state index is 11.8. The van der Waals surface area contributed by atoms with Crippen molar-refractivity contribution in [2.75, 3.05) is 7.11 Å². The van der Waals surface area contributed by atoms with Crippen LogP contribution in [0.2, 0.25) is 0 Å². The molecule has 0 aromatic carbocycles. The first-order valence-electron chi connectivity index (χ1n) is 5.01. The second kappa shape index (κ2) is 3.81. The van der Waals surface area contributed by atoms with Crippen molar-refractivity contribution in [3.05, 3.63) is 0 Å². The second-order valence-electron chi connectivity index (χ2n) is 4.62. The maximum absolute atomic E-state index is 11.8. The highest BCUT2D eigenvalue weighted by atomic mass is 16.5. The maximum Gasteiger partial charge on any atom is 0.171 e. The summed E-state index contributed by atoms with van der Waals surface area (Å²) < 4.78 is 4.94. The summed E-state index contributed by atoms with van der Waals surface area (Å²) in [5.74, 6) is -0.422. The average molecular weight is 198 g/mol. The summed E-state index contributed by atoms with van der Waals surface area (Å²) in [6, 6.07) is 0. The standard InChI is InChI=1S/C11H18O3/c1-7(14-4)9(12)8-5-6-11(2,3)10(8)13/h7-8H,5-6H2,1-4H3. The molecule has 3 heteroatoms. The monoisotopic (exact) mass is 198 g/mol. The molecule has 14 heavy (non-hydrogen) atoms. The molecule has 1 rings (SSSR count). The van der Waals surface area contributed by atoms with Gasteiger partial charge in [-0.05, 0) is 19.8 Å². The van der Waals surface area contributed by atoms with E-state index in [2.05, 4.69) is 0 Å². The predicted molar refractivity (Wildman–Crippen MR) is 53.0 cm³/mol. The highest BCUT2D eigenvalue weighted by Crippen LogP contribution is 2.38. The SMILES string of the molecule is COC(C)C(=O)C1CCC(C)(C)C1=O. The molecule has 1 saturated carbocycles. The minimum Gasteiger partial charge on any atom is -0.374 e. The fraction of sp³-hybridized carbons (Fsp3) is 0.818. The van der Waals surface area contributed by atoms with Crippen LogP contribution in [-0.2, 0) is 14.3 Å². The van der Waals surface area contributed by atoms with Crippen LogP contribution in [0.3, 0.4) is 0 Å². The van der Waals surface area contributed by atoms with Crippen molar-refractivity contribution in [1.82, 2.24) is 0 Å². The lowest BCUT2D eigenvalue weighted by Gasteiger charge is -2.17. The Morgan fingerprint density at radius 3 is 2.50 bits per heavy atom. The minimum atomic E-state index is -0.460. The summed E-state index contributed by atoms with van der Waals surface area (Å²) in [5, 5.41) is 0. The van der Waals surface area contributed by atoms with Gasteiger partial charge in [-0.25, -0.2) is 0 Å². The van der Waals surface area contributed by atoms with Crippen molar-refractivity contribution in [2.24, 2.45) is 11.3 Å². The highest BCUT2D eigenvalue weighted by Gasteiger charge is 2.44. The van der Waals surface area contributed by atoms with Crippen LogP contribution >= 0.6 is 0 Å². The molecule has 1 aliphatic carbocycles. The Morgan fingerprint density at radius 2 is 2.14 bits per heavy atom. The first-order valence-corrected chi connectivity index (χ1v) is 5.01. The molecule has 1 aliphatic rings. The first kappa shape index (κ1) is 11.4. The van der Waals surface area contributed by atoms with Crippen LogP contribution in [0.15, 0.2) is 0 Å². The molecule has 2 atom stereocenters. The van der Waals surface area contributed by atoms with Crippen LogP contribution in [0.1, 0.15) is 33.6 Å². The van der Waals surface area contributed by atoms with Crippen LogP contribution in [0.4, 0.5) is 0 Å². The van der Waals surface area contributed by atoms with E-state index in [9.17, 15) is 9.59 Å². The van der Waals surface area contributed by atoms with E-state index >= 15 is 0 Å². The molecule has 0 bridgehead atoms. The molecule has 3 nitrogen and oxygen atoms in total. The zero-order chi connectivity index (χ0) is 10.9. The molecule has 0 spiro atoms. The third kappa shape index (κ3) is 1.87. The van der Waals surface area contributed by atoms with Crippen LogP contribution in [0, 0.1) is 11.3 Å². The van der Waals surface area contributed by atoms with Gasteiger partial charge in [-0.3, -0.25) is 9.59 Å². The van der Waals surface area contributed by atoms with Crippen molar-refractivity contribution in [1.29, 1.82) is 0 Å². The molecule has 0 aromatic rings. The summed E-state index contributed by atoms with van der Waals surface area (Å²) in [7, 11) is 1.49. The topological polar surface area (TPSA) is 43.4 Å². The van der Waals surface area contributed by atoms with Crippen molar-refractivity contribution < 1.29 is 14.3 Å². The van der Waals surface area contributed by atoms with Gasteiger partial charge in [0, 0.05) is 12.5 Å². The number of hydrogen-bond acceptors (Lipinski definition) is 3. The van der Waals surface area contributed by atoms with E-state index in [0.717, 1.165) is 6.42 Å². The van der Waals surface area contributed by atoms with E-state index in [1.54, 1.807) is 6.92 Å². The smallest absolute Gasteiger partial charge is 0.171 e. The number of rotatable bonds is 3. The van der Waals surface area contributed by atoms with Gasteiger partial charge < -0.3 is 4.74 Å². The number of carbonyl (C=O) groups is 2. The van der Waals surface area contributed by atoms with Gasteiger partial charge in [-0.15, -0.1) is 0 Å². The van der Waals surface area contributed by atoms with E-state index in [-0.39, 0.29) is 17.0 Å². The van der Waals surface area contributed by atoms with E-state index < -0.39 is 12.0 Å². The van der Waals surface area contributed by atoms with Crippen LogP contribution in [0.5, 0.6) is 0 Å². The lowest BCUT2D eigenvalue weighted by molar-refractivity contribution is -0.139. The van der Waals surface area contributed by atoms with Gasteiger partial charge in [0.1, 0.15) is 11.9 Å². The Hall–Kier alpha value is -0.700.